The number of hydrogen-bond donors (Lipinski definition) is 2. The van der Waals surface area contributed by atoms with E-state index in [9.17, 15) is 4.79 Å². The molecule has 1 saturated carbocycles. The van der Waals surface area contributed by atoms with Crippen LogP contribution in [0.25, 0.3) is 11.4 Å². The number of pyridine rings is 1. The second kappa shape index (κ2) is 10.6. The summed E-state index contributed by atoms with van der Waals surface area (Å²) in [6.07, 6.45) is 5.13. The summed E-state index contributed by atoms with van der Waals surface area (Å²) in [6.45, 7) is 2.00. The van der Waals surface area contributed by atoms with Gasteiger partial charge >= 0.3 is 0 Å². The summed E-state index contributed by atoms with van der Waals surface area (Å²) in [7, 11) is 0. The van der Waals surface area contributed by atoms with Crippen molar-refractivity contribution in [2.45, 2.75) is 19.3 Å². The minimum absolute atomic E-state index is 0. The van der Waals surface area contributed by atoms with E-state index in [0.717, 1.165) is 35.3 Å². The predicted octanol–water partition coefficient (Wildman–Crippen LogP) is 2.71. The van der Waals surface area contributed by atoms with E-state index >= 15 is 0 Å². The van der Waals surface area contributed by atoms with E-state index in [1.54, 1.807) is 17.5 Å². The Hall–Kier alpha value is -1.21. The molecule has 24 heavy (non-hydrogen) atoms. The fraction of sp³-hybridized carbons (Fsp3) is 0.438. The summed E-state index contributed by atoms with van der Waals surface area (Å²) in [5, 5.41) is 9.14. The number of carbonyl (C=O) groups excluding carboxylic acids is 1. The molecule has 0 aliphatic heterocycles. The predicted molar refractivity (Wildman–Crippen MR) is 102 cm³/mol. The van der Waals surface area contributed by atoms with Gasteiger partial charge in [-0.05, 0) is 37.4 Å². The van der Waals surface area contributed by atoms with Crippen molar-refractivity contribution in [1.29, 1.82) is 0 Å². The van der Waals surface area contributed by atoms with Crippen molar-refractivity contribution in [3.8, 4) is 11.4 Å². The molecule has 1 aliphatic rings. The van der Waals surface area contributed by atoms with Crippen LogP contribution in [0.5, 0.6) is 0 Å². The maximum absolute atomic E-state index is 11.7. The first-order valence-electron chi connectivity index (χ1n) is 7.64. The third-order valence-electron chi connectivity index (χ3n) is 3.56. The number of carbonyl (C=O) groups is 1. The average molecular weight is 389 g/mol. The number of hydrogen-bond acceptors (Lipinski definition) is 5. The molecule has 0 spiro atoms. The fourth-order valence-electron chi connectivity index (χ4n) is 2.14. The van der Waals surface area contributed by atoms with Gasteiger partial charge in [0.2, 0.25) is 5.91 Å². The Morgan fingerprint density at radius 2 is 2.08 bits per heavy atom. The summed E-state index contributed by atoms with van der Waals surface area (Å²) < 4.78 is 0. The number of halogens is 2. The highest BCUT2D eigenvalue weighted by Gasteiger charge is 2.20. The topological polar surface area (TPSA) is 66.9 Å². The van der Waals surface area contributed by atoms with Crippen LogP contribution in [0.2, 0.25) is 0 Å². The molecule has 2 N–H and O–H groups in total. The van der Waals surface area contributed by atoms with E-state index in [2.05, 4.69) is 20.6 Å². The fourth-order valence-corrected chi connectivity index (χ4v) is 2.93. The van der Waals surface area contributed by atoms with Gasteiger partial charge in [-0.25, -0.2) is 4.98 Å². The largest absolute Gasteiger partial charge is 0.355 e. The molecule has 2 aromatic heterocycles. The summed E-state index contributed by atoms with van der Waals surface area (Å²) in [5.41, 5.74) is 1.79. The summed E-state index contributed by atoms with van der Waals surface area (Å²) in [4.78, 5) is 20.5. The molecule has 1 amide bonds. The van der Waals surface area contributed by atoms with Gasteiger partial charge in [0.15, 0.2) is 0 Å². The highest BCUT2D eigenvalue weighted by atomic mass is 35.5. The quantitative estimate of drug-likeness (QED) is 0.729. The van der Waals surface area contributed by atoms with Crippen molar-refractivity contribution in [2.24, 2.45) is 5.92 Å². The van der Waals surface area contributed by atoms with Crippen LogP contribution < -0.4 is 10.6 Å². The molecule has 2 heterocycles. The highest BCUT2D eigenvalue weighted by Crippen LogP contribution is 2.27. The third-order valence-corrected chi connectivity index (χ3v) is 4.46. The van der Waals surface area contributed by atoms with Crippen LogP contribution in [-0.4, -0.2) is 35.5 Å². The molecular formula is C16H22Cl2N4OS. The Morgan fingerprint density at radius 3 is 2.79 bits per heavy atom. The molecule has 0 aromatic carbocycles. The first kappa shape index (κ1) is 20.8. The van der Waals surface area contributed by atoms with Gasteiger partial charge in [0.05, 0.1) is 22.9 Å². The molecule has 0 atom stereocenters. The van der Waals surface area contributed by atoms with Gasteiger partial charge in [0.25, 0.3) is 0 Å². The van der Waals surface area contributed by atoms with Crippen LogP contribution in [0.3, 0.4) is 0 Å². The number of rotatable bonds is 8. The van der Waals surface area contributed by atoms with Gasteiger partial charge in [0.1, 0.15) is 0 Å². The standard InChI is InChI=1S/C16H20N4OS.2ClH/c21-15(10-17-9-12-4-5-12)19-8-6-16-20-14(11-22-16)13-3-1-2-7-18-13;;/h1-3,7,11-12,17H,4-6,8-10H2,(H,19,21);2*1H. The molecule has 1 aliphatic carbocycles. The summed E-state index contributed by atoms with van der Waals surface area (Å²) in [6, 6.07) is 5.80. The SMILES string of the molecule is Cl.Cl.O=C(CNCC1CC1)NCCc1nc(-c2ccccn2)cs1. The molecule has 0 unspecified atom stereocenters. The Labute approximate surface area is 158 Å². The van der Waals surface area contributed by atoms with E-state index in [4.69, 9.17) is 0 Å². The van der Waals surface area contributed by atoms with E-state index in [1.807, 2.05) is 23.6 Å². The van der Waals surface area contributed by atoms with Crippen molar-refractivity contribution < 1.29 is 4.79 Å². The Kier molecular flexibility index (Phi) is 9.21. The van der Waals surface area contributed by atoms with Crippen LogP contribution in [0.15, 0.2) is 29.8 Å². The summed E-state index contributed by atoms with van der Waals surface area (Å²) in [5.74, 6) is 0.857. The Morgan fingerprint density at radius 1 is 1.25 bits per heavy atom. The number of nitrogens with zero attached hydrogens (tertiary/aromatic N) is 2. The van der Waals surface area contributed by atoms with Gasteiger partial charge in [-0.1, -0.05) is 6.07 Å². The molecule has 3 rings (SSSR count). The Bertz CT molecular complexity index is 620. The second-order valence-corrected chi connectivity index (χ2v) is 6.46. The smallest absolute Gasteiger partial charge is 0.233 e. The third kappa shape index (κ3) is 6.73. The van der Waals surface area contributed by atoms with Crippen LogP contribution >= 0.6 is 36.2 Å². The lowest BCUT2D eigenvalue weighted by Crippen LogP contribution is -2.35. The maximum Gasteiger partial charge on any atom is 0.233 e. The van der Waals surface area contributed by atoms with E-state index in [0.29, 0.717) is 13.1 Å². The molecule has 0 bridgehead atoms. The molecule has 0 radical (unpaired) electrons. The van der Waals surface area contributed by atoms with Crippen LogP contribution in [0, 0.1) is 5.92 Å². The van der Waals surface area contributed by atoms with E-state index < -0.39 is 0 Å². The second-order valence-electron chi connectivity index (χ2n) is 5.52. The van der Waals surface area contributed by atoms with Crippen molar-refractivity contribution >= 4 is 42.1 Å². The minimum Gasteiger partial charge on any atom is -0.355 e. The van der Waals surface area contributed by atoms with Gasteiger partial charge < -0.3 is 10.6 Å². The molecule has 5 nitrogen and oxygen atoms in total. The van der Waals surface area contributed by atoms with E-state index in [-0.39, 0.29) is 30.7 Å². The van der Waals surface area contributed by atoms with Crippen molar-refractivity contribution in [3.05, 3.63) is 34.8 Å². The molecular weight excluding hydrogens is 367 g/mol. The molecule has 2 aromatic rings. The zero-order valence-corrected chi connectivity index (χ0v) is 15.7. The van der Waals surface area contributed by atoms with Gasteiger partial charge in [-0.2, -0.15) is 0 Å². The Balaban J connectivity index is 0.00000144. The number of aromatic nitrogens is 2. The monoisotopic (exact) mass is 388 g/mol. The first-order valence-corrected chi connectivity index (χ1v) is 8.52. The lowest BCUT2D eigenvalue weighted by Gasteiger charge is -2.05. The van der Waals surface area contributed by atoms with Gasteiger partial charge in [0, 0.05) is 24.5 Å². The van der Waals surface area contributed by atoms with Crippen molar-refractivity contribution in [1.82, 2.24) is 20.6 Å². The van der Waals surface area contributed by atoms with Crippen LogP contribution in [0.4, 0.5) is 0 Å². The molecule has 0 saturated heterocycles. The zero-order chi connectivity index (χ0) is 15.2. The number of amides is 1. The average Bonchev–Trinajstić information content (AvgIpc) is 3.24. The molecule has 1 fully saturated rings. The van der Waals surface area contributed by atoms with Gasteiger partial charge in [-0.15, -0.1) is 36.2 Å². The lowest BCUT2D eigenvalue weighted by molar-refractivity contribution is -0.120. The zero-order valence-electron chi connectivity index (χ0n) is 13.2. The minimum atomic E-state index is 0. The summed E-state index contributed by atoms with van der Waals surface area (Å²) >= 11 is 1.61. The molecule has 8 heteroatoms. The number of nitrogens with one attached hydrogen (secondary N) is 2. The first-order chi connectivity index (χ1) is 10.8. The van der Waals surface area contributed by atoms with Crippen molar-refractivity contribution in [3.63, 3.8) is 0 Å². The molecule has 132 valence electrons. The lowest BCUT2D eigenvalue weighted by atomic mass is 10.3. The maximum atomic E-state index is 11.7. The van der Waals surface area contributed by atoms with E-state index in [1.165, 1.54) is 12.8 Å². The number of thiazole rings is 1. The van der Waals surface area contributed by atoms with Crippen LogP contribution in [-0.2, 0) is 11.2 Å². The van der Waals surface area contributed by atoms with Gasteiger partial charge in [-0.3, -0.25) is 9.78 Å². The van der Waals surface area contributed by atoms with Crippen LogP contribution in [0.1, 0.15) is 17.8 Å². The highest BCUT2D eigenvalue weighted by molar-refractivity contribution is 7.09. The normalized spacial score (nSPS) is 12.8. The van der Waals surface area contributed by atoms with Crippen molar-refractivity contribution in [2.75, 3.05) is 19.6 Å².